The standard InChI is InChI=1S/C16H13FO4/c17-11-3-4-12(13(9-11)16(18)19)10-2-5-14-15(8-10)21-7-1-6-20-14/h2-5,8-9H,1,6-7H2,(H,18,19). The van der Waals surface area contributed by atoms with Crippen molar-refractivity contribution in [3.05, 3.63) is 47.8 Å². The van der Waals surface area contributed by atoms with Gasteiger partial charge < -0.3 is 14.6 Å². The van der Waals surface area contributed by atoms with Crippen molar-refractivity contribution >= 4 is 5.97 Å². The summed E-state index contributed by atoms with van der Waals surface area (Å²) in [7, 11) is 0. The van der Waals surface area contributed by atoms with Crippen LogP contribution >= 0.6 is 0 Å². The van der Waals surface area contributed by atoms with Crippen molar-refractivity contribution in [3.63, 3.8) is 0 Å². The molecule has 0 spiro atoms. The third-order valence-electron chi connectivity index (χ3n) is 3.27. The lowest BCUT2D eigenvalue weighted by Crippen LogP contribution is -2.01. The molecule has 21 heavy (non-hydrogen) atoms. The van der Waals surface area contributed by atoms with Gasteiger partial charge in [0.05, 0.1) is 18.8 Å². The van der Waals surface area contributed by atoms with Crippen LogP contribution in [0.25, 0.3) is 11.1 Å². The Kier molecular flexibility index (Phi) is 3.48. The fourth-order valence-electron chi connectivity index (χ4n) is 2.28. The van der Waals surface area contributed by atoms with Crippen molar-refractivity contribution in [2.45, 2.75) is 6.42 Å². The molecule has 0 saturated carbocycles. The summed E-state index contributed by atoms with van der Waals surface area (Å²) in [6.07, 6.45) is 0.793. The van der Waals surface area contributed by atoms with E-state index in [1.165, 1.54) is 12.1 Å². The number of halogens is 1. The molecule has 4 nitrogen and oxygen atoms in total. The van der Waals surface area contributed by atoms with Crippen molar-refractivity contribution in [1.29, 1.82) is 0 Å². The number of fused-ring (bicyclic) bond motifs is 1. The van der Waals surface area contributed by atoms with Crippen molar-refractivity contribution in [1.82, 2.24) is 0 Å². The van der Waals surface area contributed by atoms with E-state index in [2.05, 4.69) is 0 Å². The van der Waals surface area contributed by atoms with Gasteiger partial charge in [-0.3, -0.25) is 0 Å². The molecule has 1 aliphatic rings. The summed E-state index contributed by atoms with van der Waals surface area (Å²) in [5.74, 6) is -0.539. The van der Waals surface area contributed by atoms with Gasteiger partial charge in [0.1, 0.15) is 5.82 Å². The molecule has 0 unspecified atom stereocenters. The number of benzene rings is 2. The van der Waals surface area contributed by atoms with Crippen molar-refractivity contribution < 1.29 is 23.8 Å². The molecular formula is C16H13FO4. The fourth-order valence-corrected chi connectivity index (χ4v) is 2.28. The Morgan fingerprint density at radius 2 is 1.81 bits per heavy atom. The van der Waals surface area contributed by atoms with Crippen molar-refractivity contribution in [3.8, 4) is 22.6 Å². The molecule has 5 heteroatoms. The van der Waals surface area contributed by atoms with Gasteiger partial charge in [0.25, 0.3) is 0 Å². The minimum atomic E-state index is -1.17. The zero-order valence-corrected chi connectivity index (χ0v) is 11.1. The lowest BCUT2D eigenvalue weighted by molar-refractivity contribution is 0.0697. The van der Waals surface area contributed by atoms with E-state index in [-0.39, 0.29) is 5.56 Å². The summed E-state index contributed by atoms with van der Waals surface area (Å²) < 4.78 is 24.4. The summed E-state index contributed by atoms with van der Waals surface area (Å²) in [6.45, 7) is 1.13. The lowest BCUT2D eigenvalue weighted by atomic mass is 9.99. The van der Waals surface area contributed by atoms with Crippen LogP contribution in [0.1, 0.15) is 16.8 Å². The molecule has 0 amide bonds. The SMILES string of the molecule is O=C(O)c1cc(F)ccc1-c1ccc2c(c1)OCCCO2. The van der Waals surface area contributed by atoms with Crippen molar-refractivity contribution in [2.75, 3.05) is 13.2 Å². The molecule has 0 bridgehead atoms. The second-order valence-electron chi connectivity index (χ2n) is 4.71. The van der Waals surface area contributed by atoms with Gasteiger partial charge in [-0.05, 0) is 35.4 Å². The maximum absolute atomic E-state index is 13.2. The number of rotatable bonds is 2. The van der Waals surface area contributed by atoms with Gasteiger partial charge in [-0.1, -0.05) is 12.1 Å². The first-order chi connectivity index (χ1) is 10.1. The molecule has 0 saturated heterocycles. The molecule has 2 aromatic rings. The average molecular weight is 288 g/mol. The number of hydrogen-bond donors (Lipinski definition) is 1. The first-order valence-electron chi connectivity index (χ1n) is 6.58. The third-order valence-corrected chi connectivity index (χ3v) is 3.27. The maximum Gasteiger partial charge on any atom is 0.336 e. The van der Waals surface area contributed by atoms with Crippen LogP contribution in [-0.4, -0.2) is 24.3 Å². The molecule has 2 aromatic carbocycles. The quantitative estimate of drug-likeness (QED) is 0.920. The smallest absolute Gasteiger partial charge is 0.336 e. The summed E-state index contributed by atoms with van der Waals surface area (Å²) >= 11 is 0. The molecule has 0 aromatic heterocycles. The monoisotopic (exact) mass is 288 g/mol. The summed E-state index contributed by atoms with van der Waals surface area (Å²) in [4.78, 5) is 11.3. The second-order valence-corrected chi connectivity index (χ2v) is 4.71. The van der Waals surface area contributed by atoms with E-state index in [1.54, 1.807) is 18.2 Å². The Balaban J connectivity index is 2.09. The van der Waals surface area contributed by atoms with E-state index < -0.39 is 11.8 Å². The first-order valence-corrected chi connectivity index (χ1v) is 6.58. The fraction of sp³-hybridized carbons (Fsp3) is 0.188. The van der Waals surface area contributed by atoms with Crippen LogP contribution in [0.2, 0.25) is 0 Å². The van der Waals surface area contributed by atoms with Gasteiger partial charge in [-0.25, -0.2) is 9.18 Å². The van der Waals surface area contributed by atoms with Gasteiger partial charge >= 0.3 is 5.97 Å². The molecule has 0 aliphatic carbocycles. The predicted molar refractivity (Wildman–Crippen MR) is 74.4 cm³/mol. The number of aromatic carboxylic acids is 1. The lowest BCUT2D eigenvalue weighted by Gasteiger charge is -2.11. The van der Waals surface area contributed by atoms with Crippen LogP contribution in [0.3, 0.4) is 0 Å². The molecule has 1 aliphatic heterocycles. The number of carboxylic acids is 1. The topological polar surface area (TPSA) is 55.8 Å². The Morgan fingerprint density at radius 3 is 2.57 bits per heavy atom. The highest BCUT2D eigenvalue weighted by atomic mass is 19.1. The number of hydrogen-bond acceptors (Lipinski definition) is 3. The zero-order chi connectivity index (χ0) is 14.8. The molecule has 1 heterocycles. The summed E-state index contributed by atoms with van der Waals surface area (Å²) in [5.41, 5.74) is 1.01. The molecular weight excluding hydrogens is 275 g/mol. The van der Waals surface area contributed by atoms with E-state index in [0.717, 1.165) is 12.5 Å². The van der Waals surface area contributed by atoms with E-state index >= 15 is 0 Å². The largest absolute Gasteiger partial charge is 0.490 e. The predicted octanol–water partition coefficient (Wildman–Crippen LogP) is 3.35. The Hall–Kier alpha value is -2.56. The minimum absolute atomic E-state index is 0.0792. The second kappa shape index (κ2) is 5.44. The highest BCUT2D eigenvalue weighted by Gasteiger charge is 2.16. The highest BCUT2D eigenvalue weighted by Crippen LogP contribution is 2.35. The number of ether oxygens (including phenoxy) is 2. The Morgan fingerprint density at radius 1 is 1.05 bits per heavy atom. The molecule has 1 N–H and O–H groups in total. The number of carboxylic acid groups (broad SMARTS) is 1. The Bertz CT molecular complexity index is 697. The van der Waals surface area contributed by atoms with E-state index in [9.17, 15) is 14.3 Å². The van der Waals surface area contributed by atoms with Crippen molar-refractivity contribution in [2.24, 2.45) is 0 Å². The molecule has 0 radical (unpaired) electrons. The van der Waals surface area contributed by atoms with Gasteiger partial charge in [-0.15, -0.1) is 0 Å². The normalized spacial score (nSPS) is 13.6. The van der Waals surface area contributed by atoms with Crippen LogP contribution in [0.15, 0.2) is 36.4 Å². The molecule has 3 rings (SSSR count). The summed E-state index contributed by atoms with van der Waals surface area (Å²) in [6, 6.07) is 8.92. The highest BCUT2D eigenvalue weighted by molar-refractivity contribution is 5.96. The van der Waals surface area contributed by atoms with Gasteiger partial charge in [-0.2, -0.15) is 0 Å². The minimum Gasteiger partial charge on any atom is -0.490 e. The average Bonchev–Trinajstić information content (AvgIpc) is 2.71. The van der Waals surface area contributed by atoms with Crippen LogP contribution in [-0.2, 0) is 0 Å². The molecule has 0 atom stereocenters. The van der Waals surface area contributed by atoms with E-state index in [0.29, 0.717) is 35.8 Å². The zero-order valence-electron chi connectivity index (χ0n) is 11.1. The Labute approximate surface area is 120 Å². The van der Waals surface area contributed by atoms with Crippen LogP contribution in [0.4, 0.5) is 4.39 Å². The van der Waals surface area contributed by atoms with Crippen LogP contribution in [0, 0.1) is 5.82 Å². The van der Waals surface area contributed by atoms with Crippen LogP contribution < -0.4 is 9.47 Å². The third kappa shape index (κ3) is 2.67. The molecule has 108 valence electrons. The summed E-state index contributed by atoms with van der Waals surface area (Å²) in [5, 5.41) is 9.21. The number of carbonyl (C=O) groups is 1. The first kappa shape index (κ1) is 13.4. The van der Waals surface area contributed by atoms with Crippen LogP contribution in [0.5, 0.6) is 11.5 Å². The van der Waals surface area contributed by atoms with Gasteiger partial charge in [0.2, 0.25) is 0 Å². The maximum atomic E-state index is 13.2. The van der Waals surface area contributed by atoms with Gasteiger partial charge in [0.15, 0.2) is 11.5 Å². The molecule has 0 fully saturated rings. The van der Waals surface area contributed by atoms with Gasteiger partial charge in [0, 0.05) is 6.42 Å². The van der Waals surface area contributed by atoms with E-state index in [1.807, 2.05) is 0 Å². The van der Waals surface area contributed by atoms with E-state index in [4.69, 9.17) is 9.47 Å².